The van der Waals surface area contributed by atoms with E-state index in [0.717, 1.165) is 0 Å². The van der Waals surface area contributed by atoms with Gasteiger partial charge in [-0.1, -0.05) is 23.2 Å². The van der Waals surface area contributed by atoms with Crippen LogP contribution in [0.2, 0.25) is 10.0 Å². The molecule has 1 aromatic rings. The minimum Gasteiger partial charge on any atom is -0.490 e. The van der Waals surface area contributed by atoms with Gasteiger partial charge in [-0.05, 0) is 26.0 Å². The lowest BCUT2D eigenvalue weighted by molar-refractivity contribution is 0.00546. The van der Waals surface area contributed by atoms with E-state index in [0.29, 0.717) is 13.0 Å². The largest absolute Gasteiger partial charge is 0.490 e. The fourth-order valence-corrected chi connectivity index (χ4v) is 2.63. The normalized spacial score (nSPS) is 12.5. The van der Waals surface area contributed by atoms with Crippen LogP contribution in [0.5, 0.6) is 5.75 Å². The number of methoxy groups -OCH3 is 1. The first-order valence-corrected chi connectivity index (χ1v) is 8.07. The Kier molecular flexibility index (Phi) is 5.69. The summed E-state index contributed by atoms with van der Waals surface area (Å²) in [4.78, 5) is -0.155. The SMILES string of the molecule is COC(C)(C)CCOc1c(Cl)cc(S(N)(=O)=O)cc1Cl. The van der Waals surface area contributed by atoms with Gasteiger partial charge in [0.2, 0.25) is 10.0 Å². The van der Waals surface area contributed by atoms with E-state index in [4.69, 9.17) is 37.8 Å². The molecule has 5 nitrogen and oxygen atoms in total. The Morgan fingerprint density at radius 1 is 1.25 bits per heavy atom. The third-order valence-electron chi connectivity index (χ3n) is 2.80. The summed E-state index contributed by atoms with van der Waals surface area (Å²) < 4.78 is 33.2. The van der Waals surface area contributed by atoms with Crippen LogP contribution < -0.4 is 9.88 Å². The van der Waals surface area contributed by atoms with Crippen LogP contribution in [-0.2, 0) is 14.8 Å². The third kappa shape index (κ3) is 4.79. The Morgan fingerprint density at radius 2 is 1.75 bits per heavy atom. The number of sulfonamides is 1. The van der Waals surface area contributed by atoms with Crippen molar-refractivity contribution in [3.63, 3.8) is 0 Å². The molecule has 2 N–H and O–H groups in total. The second-order valence-electron chi connectivity index (χ2n) is 4.82. The van der Waals surface area contributed by atoms with E-state index in [-0.39, 0.29) is 26.3 Å². The van der Waals surface area contributed by atoms with Crippen LogP contribution in [0.3, 0.4) is 0 Å². The molecule has 0 saturated carbocycles. The second-order valence-corrected chi connectivity index (χ2v) is 7.20. The van der Waals surface area contributed by atoms with Crippen molar-refractivity contribution >= 4 is 33.2 Å². The number of rotatable bonds is 6. The first kappa shape index (κ1) is 17.5. The summed E-state index contributed by atoms with van der Waals surface area (Å²) in [5, 5.41) is 5.21. The number of nitrogens with two attached hydrogens (primary N) is 1. The zero-order valence-corrected chi connectivity index (χ0v) is 13.8. The average Bonchev–Trinajstić information content (AvgIpc) is 2.31. The van der Waals surface area contributed by atoms with Gasteiger partial charge in [-0.2, -0.15) is 0 Å². The zero-order valence-electron chi connectivity index (χ0n) is 11.4. The van der Waals surface area contributed by atoms with Gasteiger partial charge >= 0.3 is 0 Å². The minimum atomic E-state index is -3.86. The van der Waals surface area contributed by atoms with E-state index in [1.807, 2.05) is 13.8 Å². The number of ether oxygens (including phenoxy) is 2. The number of hydrogen-bond acceptors (Lipinski definition) is 4. The number of hydrogen-bond donors (Lipinski definition) is 1. The second kappa shape index (κ2) is 6.49. The van der Waals surface area contributed by atoms with Crippen LogP contribution in [0.1, 0.15) is 20.3 Å². The summed E-state index contributed by atoms with van der Waals surface area (Å²) in [6, 6.07) is 2.42. The van der Waals surface area contributed by atoms with Gasteiger partial charge in [0.15, 0.2) is 5.75 Å². The van der Waals surface area contributed by atoms with Gasteiger partial charge in [-0.15, -0.1) is 0 Å². The molecule has 0 bridgehead atoms. The molecule has 0 unspecified atom stereocenters. The first-order valence-electron chi connectivity index (χ1n) is 5.76. The molecule has 0 spiro atoms. The van der Waals surface area contributed by atoms with Crippen LogP contribution in [0.15, 0.2) is 17.0 Å². The molecule has 0 aliphatic heterocycles. The van der Waals surface area contributed by atoms with E-state index in [1.54, 1.807) is 7.11 Å². The number of benzene rings is 1. The first-order chi connectivity index (χ1) is 9.07. The van der Waals surface area contributed by atoms with Crippen molar-refractivity contribution in [2.75, 3.05) is 13.7 Å². The fraction of sp³-hybridized carbons (Fsp3) is 0.500. The molecule has 0 saturated heterocycles. The quantitative estimate of drug-likeness (QED) is 0.862. The molecule has 1 aromatic carbocycles. The van der Waals surface area contributed by atoms with Crippen LogP contribution >= 0.6 is 23.2 Å². The molecule has 0 aliphatic carbocycles. The zero-order chi connectivity index (χ0) is 15.6. The maximum Gasteiger partial charge on any atom is 0.238 e. The molecule has 0 heterocycles. The molecule has 1 rings (SSSR count). The smallest absolute Gasteiger partial charge is 0.238 e. The highest BCUT2D eigenvalue weighted by Gasteiger charge is 2.19. The average molecular weight is 342 g/mol. The topological polar surface area (TPSA) is 78.6 Å². The molecule has 0 radical (unpaired) electrons. The van der Waals surface area contributed by atoms with Gasteiger partial charge in [0.25, 0.3) is 0 Å². The molecule has 114 valence electrons. The van der Waals surface area contributed by atoms with E-state index >= 15 is 0 Å². The van der Waals surface area contributed by atoms with Crippen molar-refractivity contribution < 1.29 is 17.9 Å². The van der Waals surface area contributed by atoms with Crippen LogP contribution in [0, 0.1) is 0 Å². The van der Waals surface area contributed by atoms with Crippen LogP contribution in [0.25, 0.3) is 0 Å². The molecule has 0 amide bonds. The lowest BCUT2D eigenvalue weighted by Gasteiger charge is -2.23. The van der Waals surface area contributed by atoms with Crippen LogP contribution in [-0.4, -0.2) is 27.7 Å². The lowest BCUT2D eigenvalue weighted by Crippen LogP contribution is -2.25. The van der Waals surface area contributed by atoms with Crippen LogP contribution in [0.4, 0.5) is 0 Å². The Labute approximate surface area is 129 Å². The van der Waals surface area contributed by atoms with Crippen molar-refractivity contribution in [1.82, 2.24) is 0 Å². The summed E-state index contributed by atoms with van der Waals surface area (Å²) in [6.07, 6.45) is 0.618. The summed E-state index contributed by atoms with van der Waals surface area (Å²) in [5.41, 5.74) is -0.334. The van der Waals surface area contributed by atoms with Crippen molar-refractivity contribution in [2.24, 2.45) is 5.14 Å². The third-order valence-corrected chi connectivity index (χ3v) is 4.26. The van der Waals surface area contributed by atoms with Gasteiger partial charge in [-0.3, -0.25) is 0 Å². The van der Waals surface area contributed by atoms with Crippen molar-refractivity contribution in [2.45, 2.75) is 30.8 Å². The highest BCUT2D eigenvalue weighted by atomic mass is 35.5. The van der Waals surface area contributed by atoms with E-state index in [1.165, 1.54) is 12.1 Å². The molecular formula is C12H17Cl2NO4S. The molecule has 0 atom stereocenters. The maximum absolute atomic E-state index is 11.2. The minimum absolute atomic E-state index is 0.0942. The molecule has 0 aromatic heterocycles. The van der Waals surface area contributed by atoms with Crippen molar-refractivity contribution in [1.29, 1.82) is 0 Å². The van der Waals surface area contributed by atoms with E-state index in [9.17, 15) is 8.42 Å². The number of halogens is 2. The van der Waals surface area contributed by atoms with E-state index < -0.39 is 10.0 Å². The standard InChI is InChI=1S/C12H17Cl2NO4S/c1-12(2,18-3)4-5-19-11-9(13)6-8(7-10(11)14)20(15,16)17/h6-7H,4-5H2,1-3H3,(H2,15,16,17). The molecule has 0 fully saturated rings. The fourth-order valence-electron chi connectivity index (χ4n) is 1.34. The van der Waals surface area contributed by atoms with Gasteiger partial charge in [0.1, 0.15) is 0 Å². The monoisotopic (exact) mass is 341 g/mol. The maximum atomic E-state index is 11.2. The van der Waals surface area contributed by atoms with Gasteiger partial charge in [0.05, 0.1) is 27.1 Å². The highest BCUT2D eigenvalue weighted by Crippen LogP contribution is 2.35. The molecule has 20 heavy (non-hydrogen) atoms. The van der Waals surface area contributed by atoms with Gasteiger partial charge in [-0.25, -0.2) is 13.6 Å². The van der Waals surface area contributed by atoms with Gasteiger partial charge < -0.3 is 9.47 Å². The van der Waals surface area contributed by atoms with Gasteiger partial charge in [0, 0.05) is 13.5 Å². The Bertz CT molecular complexity index is 564. The Hall–Kier alpha value is -0.530. The predicted octanol–water partition coefficient (Wildman–Crippen LogP) is 2.83. The van der Waals surface area contributed by atoms with Crippen molar-refractivity contribution in [3.05, 3.63) is 22.2 Å². The predicted molar refractivity (Wildman–Crippen MR) is 79.0 cm³/mol. The summed E-state index contributed by atoms with van der Waals surface area (Å²) in [6.45, 7) is 4.17. The van der Waals surface area contributed by atoms with E-state index in [2.05, 4.69) is 0 Å². The molecule has 0 aliphatic rings. The summed E-state index contributed by atoms with van der Waals surface area (Å²) in [7, 11) is -2.24. The molecular weight excluding hydrogens is 325 g/mol. The lowest BCUT2D eigenvalue weighted by atomic mass is 10.1. The summed E-state index contributed by atoms with van der Waals surface area (Å²) >= 11 is 11.9. The highest BCUT2D eigenvalue weighted by molar-refractivity contribution is 7.89. The number of primary sulfonamides is 1. The molecule has 8 heteroatoms. The Morgan fingerprint density at radius 3 is 2.15 bits per heavy atom. The Balaban J connectivity index is 2.88. The summed E-state index contributed by atoms with van der Waals surface area (Å²) in [5.74, 6) is 0.229. The van der Waals surface area contributed by atoms with Crippen molar-refractivity contribution in [3.8, 4) is 5.75 Å².